The molecule has 0 aliphatic heterocycles. The van der Waals surface area contributed by atoms with Crippen LogP contribution in [-0.4, -0.2) is 26.7 Å². The summed E-state index contributed by atoms with van der Waals surface area (Å²) in [5, 5.41) is 19.3. The fourth-order valence-electron chi connectivity index (χ4n) is 2.97. The highest BCUT2D eigenvalue weighted by atomic mass is 16.4. The van der Waals surface area contributed by atoms with Crippen LogP contribution in [0, 0.1) is 0 Å². The number of carboxylic acids is 2. The quantitative estimate of drug-likeness (QED) is 0.767. The molecule has 1 aromatic heterocycles. The fourth-order valence-corrected chi connectivity index (χ4v) is 2.97. The Bertz CT molecular complexity index is 837. The van der Waals surface area contributed by atoms with E-state index in [-0.39, 0.29) is 11.1 Å². The predicted molar refractivity (Wildman–Crippen MR) is 90.2 cm³/mol. The fraction of sp³-hybridized carbons (Fsp3) is 0.0526. The minimum absolute atomic E-state index is 0.199. The maximum absolute atomic E-state index is 11.8. The second-order valence-electron chi connectivity index (χ2n) is 5.35. The van der Waals surface area contributed by atoms with Gasteiger partial charge in [0.2, 0.25) is 0 Å². The van der Waals surface area contributed by atoms with Gasteiger partial charge in [-0.1, -0.05) is 60.7 Å². The van der Waals surface area contributed by atoms with Gasteiger partial charge in [0, 0.05) is 7.05 Å². The summed E-state index contributed by atoms with van der Waals surface area (Å²) in [4.78, 5) is 23.7. The molecule has 0 spiro atoms. The second kappa shape index (κ2) is 6.04. The smallest absolute Gasteiger partial charge is 0.338 e. The summed E-state index contributed by atoms with van der Waals surface area (Å²) in [5.41, 5.74) is 1.66. The van der Waals surface area contributed by atoms with Crippen molar-refractivity contribution in [3.05, 3.63) is 71.8 Å². The van der Waals surface area contributed by atoms with E-state index in [2.05, 4.69) is 0 Å². The van der Waals surface area contributed by atoms with Gasteiger partial charge in [0.1, 0.15) is 11.1 Å². The molecule has 0 radical (unpaired) electrons. The van der Waals surface area contributed by atoms with Crippen LogP contribution in [0.25, 0.3) is 22.5 Å². The summed E-state index contributed by atoms with van der Waals surface area (Å²) in [6.45, 7) is 0. The molecule has 0 saturated carbocycles. The first kappa shape index (κ1) is 15.6. The second-order valence-corrected chi connectivity index (χ2v) is 5.35. The van der Waals surface area contributed by atoms with Gasteiger partial charge in [-0.2, -0.15) is 0 Å². The summed E-state index contributed by atoms with van der Waals surface area (Å²) in [6.07, 6.45) is 0. The molecule has 5 nitrogen and oxygen atoms in total. The van der Waals surface area contributed by atoms with Crippen LogP contribution in [0.15, 0.2) is 60.7 Å². The maximum atomic E-state index is 11.8. The molecule has 0 fully saturated rings. The molecule has 2 N–H and O–H groups in total. The third-order valence-corrected chi connectivity index (χ3v) is 3.92. The van der Waals surface area contributed by atoms with Crippen LogP contribution in [0.3, 0.4) is 0 Å². The van der Waals surface area contributed by atoms with Gasteiger partial charge < -0.3 is 14.8 Å². The molecule has 3 aromatic rings. The largest absolute Gasteiger partial charge is 0.478 e. The maximum Gasteiger partial charge on any atom is 0.338 e. The normalized spacial score (nSPS) is 10.5. The number of carboxylic acid groups (broad SMARTS) is 2. The average molecular weight is 321 g/mol. The van der Waals surface area contributed by atoms with Gasteiger partial charge in [-0.15, -0.1) is 0 Å². The number of nitrogens with zero attached hydrogens (tertiary/aromatic N) is 1. The molecule has 0 amide bonds. The van der Waals surface area contributed by atoms with Crippen LogP contribution >= 0.6 is 0 Å². The summed E-state index contributed by atoms with van der Waals surface area (Å²) in [6, 6.07) is 17.9. The summed E-state index contributed by atoms with van der Waals surface area (Å²) in [5.74, 6) is -2.52. The lowest BCUT2D eigenvalue weighted by Gasteiger charge is -2.09. The van der Waals surface area contributed by atoms with E-state index in [4.69, 9.17) is 0 Å². The minimum Gasteiger partial charge on any atom is -0.478 e. The van der Waals surface area contributed by atoms with Crippen LogP contribution in [0.5, 0.6) is 0 Å². The molecule has 3 rings (SSSR count). The van der Waals surface area contributed by atoms with Crippen molar-refractivity contribution in [2.45, 2.75) is 0 Å². The first-order chi connectivity index (χ1) is 11.5. The molecule has 0 bridgehead atoms. The van der Waals surface area contributed by atoms with Crippen LogP contribution in [0.1, 0.15) is 20.7 Å². The van der Waals surface area contributed by atoms with E-state index in [0.29, 0.717) is 22.5 Å². The molecule has 0 unspecified atom stereocenters. The van der Waals surface area contributed by atoms with Gasteiger partial charge in [0.25, 0.3) is 0 Å². The Balaban J connectivity index is 2.43. The summed E-state index contributed by atoms with van der Waals surface area (Å²) in [7, 11) is 1.68. The number of carbonyl (C=O) groups is 2. The van der Waals surface area contributed by atoms with E-state index >= 15 is 0 Å². The lowest BCUT2D eigenvalue weighted by molar-refractivity contribution is 0.0654. The van der Waals surface area contributed by atoms with E-state index in [1.165, 1.54) is 0 Å². The number of hydrogen-bond acceptors (Lipinski definition) is 2. The number of hydrogen-bond donors (Lipinski definition) is 2. The van der Waals surface area contributed by atoms with E-state index in [0.717, 1.165) is 0 Å². The van der Waals surface area contributed by atoms with Gasteiger partial charge in [0.15, 0.2) is 0 Å². The van der Waals surface area contributed by atoms with E-state index in [1.54, 1.807) is 60.1 Å². The topological polar surface area (TPSA) is 79.5 Å². The van der Waals surface area contributed by atoms with Gasteiger partial charge >= 0.3 is 11.9 Å². The number of aromatic carboxylic acids is 2. The Hall–Kier alpha value is -3.34. The molecule has 0 aliphatic carbocycles. The number of aromatic nitrogens is 1. The SMILES string of the molecule is Cn1c(-c2ccccc2)c(C(=O)O)c(C(=O)O)c1-c1ccccc1. The Morgan fingerprint density at radius 1 is 0.708 bits per heavy atom. The zero-order valence-electron chi connectivity index (χ0n) is 12.9. The Kier molecular flexibility index (Phi) is 3.92. The van der Waals surface area contributed by atoms with Crippen LogP contribution in [-0.2, 0) is 7.05 Å². The highest BCUT2D eigenvalue weighted by molar-refractivity contribution is 6.11. The molecule has 0 saturated heterocycles. The Morgan fingerprint density at radius 3 is 1.33 bits per heavy atom. The highest BCUT2D eigenvalue weighted by Crippen LogP contribution is 2.36. The van der Waals surface area contributed by atoms with Crippen molar-refractivity contribution in [3.8, 4) is 22.5 Å². The molecule has 1 heterocycles. The van der Waals surface area contributed by atoms with Crippen LogP contribution < -0.4 is 0 Å². The van der Waals surface area contributed by atoms with Crippen LogP contribution in [0.4, 0.5) is 0 Å². The summed E-state index contributed by atoms with van der Waals surface area (Å²) < 4.78 is 1.64. The van der Waals surface area contributed by atoms with Crippen molar-refractivity contribution in [2.24, 2.45) is 7.05 Å². The molecule has 0 aliphatic rings. The molecule has 120 valence electrons. The number of benzene rings is 2. The first-order valence-corrected chi connectivity index (χ1v) is 7.32. The lowest BCUT2D eigenvalue weighted by atomic mass is 10.0. The van der Waals surface area contributed by atoms with E-state index in [9.17, 15) is 19.8 Å². The van der Waals surface area contributed by atoms with Crippen LogP contribution in [0.2, 0.25) is 0 Å². The predicted octanol–water partition coefficient (Wildman–Crippen LogP) is 3.76. The first-order valence-electron chi connectivity index (χ1n) is 7.32. The Labute approximate surface area is 138 Å². The van der Waals surface area contributed by atoms with E-state index < -0.39 is 11.9 Å². The molecule has 24 heavy (non-hydrogen) atoms. The van der Waals surface area contributed by atoms with Crippen molar-refractivity contribution in [1.29, 1.82) is 0 Å². The van der Waals surface area contributed by atoms with Gasteiger partial charge in [-0.3, -0.25) is 0 Å². The van der Waals surface area contributed by atoms with Crippen molar-refractivity contribution in [3.63, 3.8) is 0 Å². The van der Waals surface area contributed by atoms with Crippen molar-refractivity contribution in [2.75, 3.05) is 0 Å². The molecular formula is C19H15NO4. The van der Waals surface area contributed by atoms with Crippen molar-refractivity contribution in [1.82, 2.24) is 4.57 Å². The molecule has 0 atom stereocenters. The third-order valence-electron chi connectivity index (χ3n) is 3.92. The minimum atomic E-state index is -1.26. The average Bonchev–Trinajstić information content (AvgIpc) is 2.90. The standard InChI is InChI=1S/C19H15NO4/c1-20-16(12-8-4-2-5-9-12)14(18(21)22)15(19(23)24)17(20)13-10-6-3-7-11-13/h2-11H,1H3,(H,21,22)(H,23,24). The van der Waals surface area contributed by atoms with Gasteiger partial charge in [-0.05, 0) is 11.1 Å². The summed E-state index contributed by atoms with van der Waals surface area (Å²) >= 11 is 0. The monoisotopic (exact) mass is 321 g/mol. The van der Waals surface area contributed by atoms with Gasteiger partial charge in [-0.25, -0.2) is 9.59 Å². The number of rotatable bonds is 4. The highest BCUT2D eigenvalue weighted by Gasteiger charge is 2.31. The van der Waals surface area contributed by atoms with Gasteiger partial charge in [0.05, 0.1) is 11.4 Å². The third kappa shape index (κ3) is 2.46. The zero-order chi connectivity index (χ0) is 17.3. The molecule has 2 aromatic carbocycles. The Morgan fingerprint density at radius 2 is 1.04 bits per heavy atom. The van der Waals surface area contributed by atoms with E-state index in [1.807, 2.05) is 12.1 Å². The lowest BCUT2D eigenvalue weighted by Crippen LogP contribution is -2.07. The van der Waals surface area contributed by atoms with Crippen molar-refractivity contribution < 1.29 is 19.8 Å². The zero-order valence-corrected chi connectivity index (χ0v) is 12.9. The van der Waals surface area contributed by atoms with Crippen molar-refractivity contribution >= 4 is 11.9 Å². The molecule has 5 heteroatoms. The molecular weight excluding hydrogens is 306 g/mol.